The number of nitrogens with zero attached hydrogens (tertiary/aromatic N) is 1. The van der Waals surface area contributed by atoms with Gasteiger partial charge in [0.25, 0.3) is 11.7 Å². The second kappa shape index (κ2) is 4.88. The number of ether oxygens (including phenoxy) is 1. The summed E-state index contributed by atoms with van der Waals surface area (Å²) in [5.41, 5.74) is 1.28. The van der Waals surface area contributed by atoms with Crippen LogP contribution >= 0.6 is 15.9 Å². The van der Waals surface area contributed by atoms with Crippen molar-refractivity contribution in [3.63, 3.8) is 0 Å². The number of alkyl halides is 1. The molecule has 0 atom stereocenters. The lowest BCUT2D eigenvalue weighted by Crippen LogP contribution is -2.45. The zero-order valence-corrected chi connectivity index (χ0v) is 12.9. The monoisotopic (exact) mass is 337 g/mol. The molecule has 1 aliphatic carbocycles. The standard InChI is InChI=1S/C15H16BrNO3/c1-20-10-3-4-11-12(7-10)17(14(19)13(11)18)9-15(8-16)5-2-6-15/h3-4,7H,2,5-6,8-9H2,1H3. The molecule has 0 aromatic heterocycles. The Morgan fingerprint density at radius 1 is 1.35 bits per heavy atom. The third-order valence-electron chi connectivity index (χ3n) is 4.37. The quantitative estimate of drug-likeness (QED) is 0.627. The maximum absolute atomic E-state index is 12.2. The van der Waals surface area contributed by atoms with E-state index in [1.54, 1.807) is 30.2 Å². The van der Waals surface area contributed by atoms with E-state index < -0.39 is 11.7 Å². The number of rotatable bonds is 4. The topological polar surface area (TPSA) is 46.6 Å². The Bertz CT molecular complexity index is 575. The molecule has 0 bridgehead atoms. The SMILES string of the molecule is COc1ccc2c(c1)N(CC1(CBr)CCC1)C(=O)C2=O. The first kappa shape index (κ1) is 13.6. The van der Waals surface area contributed by atoms with E-state index in [4.69, 9.17) is 4.74 Å². The number of hydrogen-bond donors (Lipinski definition) is 0. The molecule has 106 valence electrons. The van der Waals surface area contributed by atoms with E-state index >= 15 is 0 Å². The Morgan fingerprint density at radius 3 is 2.65 bits per heavy atom. The maximum Gasteiger partial charge on any atom is 0.299 e. The highest BCUT2D eigenvalue weighted by Gasteiger charge is 2.44. The van der Waals surface area contributed by atoms with E-state index in [-0.39, 0.29) is 5.41 Å². The van der Waals surface area contributed by atoms with E-state index in [0.29, 0.717) is 23.5 Å². The number of amides is 1. The van der Waals surface area contributed by atoms with Crippen LogP contribution in [0.4, 0.5) is 5.69 Å². The minimum Gasteiger partial charge on any atom is -0.497 e. The van der Waals surface area contributed by atoms with Gasteiger partial charge in [-0.3, -0.25) is 9.59 Å². The summed E-state index contributed by atoms with van der Waals surface area (Å²) in [4.78, 5) is 25.9. The molecule has 1 amide bonds. The summed E-state index contributed by atoms with van der Waals surface area (Å²) in [5, 5.41) is 0.858. The Morgan fingerprint density at radius 2 is 2.10 bits per heavy atom. The minimum absolute atomic E-state index is 0.112. The third kappa shape index (κ3) is 1.95. The first-order chi connectivity index (χ1) is 9.60. The van der Waals surface area contributed by atoms with Crippen molar-refractivity contribution in [1.82, 2.24) is 0 Å². The molecule has 0 unspecified atom stereocenters. The highest BCUT2D eigenvalue weighted by molar-refractivity contribution is 9.09. The second-order valence-corrected chi connectivity index (χ2v) is 6.15. The zero-order valence-electron chi connectivity index (χ0n) is 11.3. The molecule has 1 saturated carbocycles. The van der Waals surface area contributed by atoms with Crippen LogP contribution < -0.4 is 9.64 Å². The number of halogens is 1. The van der Waals surface area contributed by atoms with Gasteiger partial charge in [0.1, 0.15) is 5.75 Å². The van der Waals surface area contributed by atoms with Gasteiger partial charge in [0.05, 0.1) is 18.4 Å². The lowest BCUT2D eigenvalue weighted by atomic mass is 9.70. The van der Waals surface area contributed by atoms with Gasteiger partial charge in [-0.2, -0.15) is 0 Å². The highest BCUT2D eigenvalue weighted by atomic mass is 79.9. The first-order valence-electron chi connectivity index (χ1n) is 6.70. The molecule has 1 heterocycles. The fourth-order valence-corrected chi connectivity index (χ4v) is 3.64. The maximum atomic E-state index is 12.2. The molecule has 20 heavy (non-hydrogen) atoms. The van der Waals surface area contributed by atoms with E-state index in [1.165, 1.54) is 6.42 Å². The summed E-state index contributed by atoms with van der Waals surface area (Å²) in [6.07, 6.45) is 3.37. The summed E-state index contributed by atoms with van der Waals surface area (Å²) >= 11 is 3.55. The van der Waals surface area contributed by atoms with Crippen molar-refractivity contribution in [3.05, 3.63) is 23.8 Å². The van der Waals surface area contributed by atoms with E-state index in [0.717, 1.165) is 18.2 Å². The number of benzene rings is 1. The van der Waals surface area contributed by atoms with Crippen molar-refractivity contribution in [2.24, 2.45) is 5.41 Å². The predicted molar refractivity (Wildman–Crippen MR) is 79.8 cm³/mol. The Balaban J connectivity index is 1.96. The largest absolute Gasteiger partial charge is 0.497 e. The van der Waals surface area contributed by atoms with Gasteiger partial charge < -0.3 is 9.64 Å². The molecule has 3 rings (SSSR count). The number of carbonyl (C=O) groups is 2. The number of carbonyl (C=O) groups excluding carboxylic acids is 2. The van der Waals surface area contributed by atoms with Crippen LogP contribution in [0, 0.1) is 5.41 Å². The van der Waals surface area contributed by atoms with Crippen LogP contribution in [0.15, 0.2) is 18.2 Å². The minimum atomic E-state index is -0.416. The summed E-state index contributed by atoms with van der Waals surface area (Å²) in [6.45, 7) is 0.600. The number of methoxy groups -OCH3 is 1. The predicted octanol–water partition coefficient (Wildman–Crippen LogP) is 2.79. The van der Waals surface area contributed by atoms with Crippen LogP contribution in [0.3, 0.4) is 0 Å². The summed E-state index contributed by atoms with van der Waals surface area (Å²) in [7, 11) is 1.58. The van der Waals surface area contributed by atoms with Crippen LogP contribution in [-0.4, -0.2) is 30.7 Å². The lowest BCUT2D eigenvalue weighted by Gasteiger charge is -2.43. The van der Waals surface area contributed by atoms with Gasteiger partial charge in [-0.25, -0.2) is 0 Å². The first-order valence-corrected chi connectivity index (χ1v) is 7.83. The summed E-state index contributed by atoms with van der Waals surface area (Å²) in [5.74, 6) is -0.162. The molecule has 0 N–H and O–H groups in total. The average Bonchev–Trinajstić information content (AvgIpc) is 2.66. The number of fused-ring (bicyclic) bond motifs is 1. The lowest BCUT2D eigenvalue weighted by molar-refractivity contribution is -0.114. The molecular formula is C15H16BrNO3. The Hall–Kier alpha value is -1.36. The van der Waals surface area contributed by atoms with Gasteiger partial charge in [0.15, 0.2) is 0 Å². The Kier molecular flexibility index (Phi) is 3.32. The van der Waals surface area contributed by atoms with Crippen LogP contribution in [0.25, 0.3) is 0 Å². The van der Waals surface area contributed by atoms with Gasteiger partial charge in [-0.1, -0.05) is 22.4 Å². The van der Waals surface area contributed by atoms with Gasteiger partial charge in [0.2, 0.25) is 0 Å². The third-order valence-corrected chi connectivity index (χ3v) is 5.56. The van der Waals surface area contributed by atoms with Gasteiger partial charge >= 0.3 is 0 Å². The number of hydrogen-bond acceptors (Lipinski definition) is 3. The van der Waals surface area contributed by atoms with E-state index in [2.05, 4.69) is 15.9 Å². The van der Waals surface area contributed by atoms with Crippen molar-refractivity contribution < 1.29 is 14.3 Å². The summed E-state index contributed by atoms with van der Waals surface area (Å²) < 4.78 is 5.20. The van der Waals surface area contributed by atoms with E-state index in [1.807, 2.05) is 0 Å². The molecule has 0 radical (unpaired) electrons. The van der Waals surface area contributed by atoms with Gasteiger partial charge in [-0.15, -0.1) is 0 Å². The van der Waals surface area contributed by atoms with Crippen molar-refractivity contribution in [3.8, 4) is 5.75 Å². The fraction of sp³-hybridized carbons (Fsp3) is 0.467. The van der Waals surface area contributed by atoms with Crippen LogP contribution in [-0.2, 0) is 4.79 Å². The van der Waals surface area contributed by atoms with E-state index in [9.17, 15) is 9.59 Å². The number of Topliss-reactive ketones (excluding diaryl/α,β-unsaturated/α-hetero) is 1. The van der Waals surface area contributed by atoms with Crippen molar-refractivity contribution in [1.29, 1.82) is 0 Å². The van der Waals surface area contributed by atoms with Crippen molar-refractivity contribution in [2.45, 2.75) is 19.3 Å². The summed E-state index contributed by atoms with van der Waals surface area (Å²) in [6, 6.07) is 5.17. The molecular weight excluding hydrogens is 322 g/mol. The molecule has 1 aromatic rings. The van der Waals surface area contributed by atoms with Gasteiger partial charge in [-0.05, 0) is 30.4 Å². The molecule has 0 spiro atoms. The fourth-order valence-electron chi connectivity index (χ4n) is 2.90. The van der Waals surface area contributed by atoms with Crippen molar-refractivity contribution in [2.75, 3.05) is 23.9 Å². The highest BCUT2D eigenvalue weighted by Crippen LogP contribution is 2.45. The average molecular weight is 338 g/mol. The smallest absolute Gasteiger partial charge is 0.299 e. The van der Waals surface area contributed by atoms with Crippen LogP contribution in [0.1, 0.15) is 29.6 Å². The van der Waals surface area contributed by atoms with Gasteiger partial charge in [0, 0.05) is 17.9 Å². The Labute approximate surface area is 126 Å². The van der Waals surface area contributed by atoms with Crippen LogP contribution in [0.2, 0.25) is 0 Å². The number of anilines is 1. The van der Waals surface area contributed by atoms with Crippen molar-refractivity contribution >= 4 is 33.3 Å². The second-order valence-electron chi connectivity index (χ2n) is 5.59. The van der Waals surface area contributed by atoms with Crippen LogP contribution in [0.5, 0.6) is 5.75 Å². The molecule has 0 saturated heterocycles. The molecule has 2 aliphatic rings. The molecule has 1 aliphatic heterocycles. The normalized spacial score (nSPS) is 19.8. The molecule has 1 fully saturated rings. The zero-order chi connectivity index (χ0) is 14.3. The molecule has 1 aromatic carbocycles. The molecule has 4 nitrogen and oxygen atoms in total. The number of ketones is 1. The molecule has 5 heteroatoms.